The van der Waals surface area contributed by atoms with E-state index >= 15 is 0 Å². The highest BCUT2D eigenvalue weighted by Crippen LogP contribution is 2.17. The van der Waals surface area contributed by atoms with Crippen LogP contribution in [0.2, 0.25) is 0 Å². The van der Waals surface area contributed by atoms with Crippen LogP contribution in [-0.2, 0) is 4.79 Å². The molecular weight excluding hydrogens is 180 g/mol. The first kappa shape index (κ1) is 9.15. The fourth-order valence-corrected chi connectivity index (χ4v) is 1.60. The molecular formula is C10H12N2O2. The summed E-state index contributed by atoms with van der Waals surface area (Å²) in [4.78, 5) is 17.2. The van der Waals surface area contributed by atoms with Gasteiger partial charge in [0.05, 0.1) is 0 Å². The average molecular weight is 192 g/mol. The lowest BCUT2D eigenvalue weighted by Crippen LogP contribution is -2.44. The number of aliphatic hydroxyl groups excluding tert-OH is 1. The second-order valence-corrected chi connectivity index (χ2v) is 3.34. The van der Waals surface area contributed by atoms with E-state index in [4.69, 9.17) is 0 Å². The number of piperidine rings is 1. The maximum atomic E-state index is 11.6. The van der Waals surface area contributed by atoms with Crippen LogP contribution < -0.4 is 4.90 Å². The molecule has 1 amide bonds. The highest BCUT2D eigenvalue weighted by molar-refractivity contribution is 5.96. The molecule has 1 aliphatic rings. The van der Waals surface area contributed by atoms with Crippen molar-refractivity contribution in [2.75, 3.05) is 11.4 Å². The number of carbonyl (C=O) groups is 1. The lowest BCUT2D eigenvalue weighted by atomic mass is 10.1. The van der Waals surface area contributed by atoms with E-state index in [1.54, 1.807) is 18.3 Å². The van der Waals surface area contributed by atoms with Gasteiger partial charge >= 0.3 is 0 Å². The molecule has 1 N–H and O–H groups in total. The first-order chi connectivity index (χ1) is 6.79. The first-order valence-electron chi connectivity index (χ1n) is 4.69. The van der Waals surface area contributed by atoms with Crippen LogP contribution in [0.5, 0.6) is 0 Å². The van der Waals surface area contributed by atoms with Crippen molar-refractivity contribution in [1.82, 2.24) is 4.98 Å². The molecule has 14 heavy (non-hydrogen) atoms. The van der Waals surface area contributed by atoms with Crippen LogP contribution >= 0.6 is 0 Å². The Hall–Kier alpha value is -1.42. The van der Waals surface area contributed by atoms with Crippen molar-refractivity contribution < 1.29 is 9.90 Å². The largest absolute Gasteiger partial charge is 0.383 e. The summed E-state index contributed by atoms with van der Waals surface area (Å²) in [5.74, 6) is 0.381. The summed E-state index contributed by atoms with van der Waals surface area (Å²) in [5, 5.41) is 9.39. The number of rotatable bonds is 1. The Morgan fingerprint density at radius 1 is 1.50 bits per heavy atom. The first-order valence-corrected chi connectivity index (χ1v) is 4.69. The van der Waals surface area contributed by atoms with Crippen LogP contribution in [-0.4, -0.2) is 28.6 Å². The molecule has 0 aliphatic carbocycles. The summed E-state index contributed by atoms with van der Waals surface area (Å²) in [6.07, 6.45) is 2.17. The number of anilines is 1. The predicted molar refractivity (Wildman–Crippen MR) is 51.8 cm³/mol. The van der Waals surface area contributed by atoms with Gasteiger partial charge in [0.25, 0.3) is 5.91 Å². The molecule has 4 nitrogen and oxygen atoms in total. The fourth-order valence-electron chi connectivity index (χ4n) is 1.60. The van der Waals surface area contributed by atoms with Crippen molar-refractivity contribution in [1.29, 1.82) is 0 Å². The number of aromatic nitrogens is 1. The smallest absolute Gasteiger partial charge is 0.256 e. The third-order valence-electron chi connectivity index (χ3n) is 2.34. The SMILES string of the molecule is O=C1C(O)CCCN1c1ccccn1. The number of carbonyl (C=O) groups excluding carboxylic acids is 1. The number of hydrogen-bond donors (Lipinski definition) is 1. The molecule has 1 unspecified atom stereocenters. The third kappa shape index (κ3) is 1.61. The molecule has 4 heteroatoms. The molecule has 1 aliphatic heterocycles. The summed E-state index contributed by atoms with van der Waals surface area (Å²) in [6, 6.07) is 5.40. The van der Waals surface area contributed by atoms with Crippen LogP contribution in [0.1, 0.15) is 12.8 Å². The normalized spacial score (nSPS) is 22.5. The number of amides is 1. The maximum Gasteiger partial charge on any atom is 0.256 e. The van der Waals surface area contributed by atoms with E-state index in [1.165, 1.54) is 4.90 Å². The quantitative estimate of drug-likeness (QED) is 0.707. The molecule has 2 heterocycles. The number of pyridine rings is 1. The second kappa shape index (κ2) is 3.75. The maximum absolute atomic E-state index is 11.6. The van der Waals surface area contributed by atoms with Gasteiger partial charge in [0.1, 0.15) is 11.9 Å². The third-order valence-corrected chi connectivity index (χ3v) is 2.34. The number of nitrogens with zero attached hydrogens (tertiary/aromatic N) is 2. The highest BCUT2D eigenvalue weighted by atomic mass is 16.3. The van der Waals surface area contributed by atoms with E-state index in [9.17, 15) is 9.90 Å². The van der Waals surface area contributed by atoms with Crippen LogP contribution in [0.4, 0.5) is 5.82 Å². The zero-order chi connectivity index (χ0) is 9.97. The van der Waals surface area contributed by atoms with E-state index in [2.05, 4.69) is 4.98 Å². The monoisotopic (exact) mass is 192 g/mol. The molecule has 74 valence electrons. The topological polar surface area (TPSA) is 53.4 Å². The van der Waals surface area contributed by atoms with Gasteiger partial charge in [-0.1, -0.05) is 6.07 Å². The number of aliphatic hydroxyl groups is 1. The molecule has 0 bridgehead atoms. The molecule has 1 fully saturated rings. The van der Waals surface area contributed by atoms with Gasteiger partial charge in [0.2, 0.25) is 0 Å². The van der Waals surface area contributed by atoms with Gasteiger partial charge in [-0.25, -0.2) is 4.98 Å². The Morgan fingerprint density at radius 3 is 3.07 bits per heavy atom. The standard InChI is InChI=1S/C10H12N2O2/c13-8-4-3-7-12(10(8)14)9-5-1-2-6-11-9/h1-2,5-6,8,13H,3-4,7H2. The molecule has 2 rings (SSSR count). The Bertz CT molecular complexity index is 326. The second-order valence-electron chi connectivity index (χ2n) is 3.34. The summed E-state index contributed by atoms with van der Waals surface area (Å²) < 4.78 is 0. The van der Waals surface area contributed by atoms with E-state index < -0.39 is 6.10 Å². The molecule has 1 saturated heterocycles. The Kier molecular flexibility index (Phi) is 2.45. The minimum atomic E-state index is -0.856. The Balaban J connectivity index is 2.22. The van der Waals surface area contributed by atoms with E-state index in [-0.39, 0.29) is 5.91 Å². The number of hydrogen-bond acceptors (Lipinski definition) is 3. The van der Waals surface area contributed by atoms with Gasteiger partial charge < -0.3 is 5.11 Å². The van der Waals surface area contributed by atoms with Gasteiger partial charge in [-0.05, 0) is 25.0 Å². The molecule has 1 atom stereocenters. The minimum absolute atomic E-state index is 0.241. The zero-order valence-electron chi connectivity index (χ0n) is 7.76. The molecule has 1 aromatic rings. The summed E-state index contributed by atoms with van der Waals surface area (Å²) in [7, 11) is 0. The van der Waals surface area contributed by atoms with Crippen molar-refractivity contribution in [3.8, 4) is 0 Å². The van der Waals surface area contributed by atoms with Crippen LogP contribution in [0.3, 0.4) is 0 Å². The van der Waals surface area contributed by atoms with Crippen molar-refractivity contribution in [3.05, 3.63) is 24.4 Å². The average Bonchev–Trinajstić information content (AvgIpc) is 2.23. The van der Waals surface area contributed by atoms with E-state index in [0.29, 0.717) is 18.8 Å². The summed E-state index contributed by atoms with van der Waals surface area (Å²) in [6.45, 7) is 0.646. The van der Waals surface area contributed by atoms with Crippen LogP contribution in [0, 0.1) is 0 Å². The van der Waals surface area contributed by atoms with E-state index in [0.717, 1.165) is 6.42 Å². The van der Waals surface area contributed by atoms with Gasteiger partial charge in [-0.3, -0.25) is 9.69 Å². The lowest BCUT2D eigenvalue weighted by molar-refractivity contribution is -0.128. The van der Waals surface area contributed by atoms with Crippen molar-refractivity contribution >= 4 is 11.7 Å². The van der Waals surface area contributed by atoms with Gasteiger partial charge in [0, 0.05) is 12.7 Å². The van der Waals surface area contributed by atoms with Crippen LogP contribution in [0.25, 0.3) is 0 Å². The van der Waals surface area contributed by atoms with Crippen molar-refractivity contribution in [2.24, 2.45) is 0 Å². The Morgan fingerprint density at radius 2 is 2.36 bits per heavy atom. The van der Waals surface area contributed by atoms with Crippen molar-refractivity contribution in [3.63, 3.8) is 0 Å². The van der Waals surface area contributed by atoms with Gasteiger partial charge in [-0.2, -0.15) is 0 Å². The van der Waals surface area contributed by atoms with Crippen LogP contribution in [0.15, 0.2) is 24.4 Å². The lowest BCUT2D eigenvalue weighted by Gasteiger charge is -2.28. The highest BCUT2D eigenvalue weighted by Gasteiger charge is 2.28. The predicted octanol–water partition coefficient (Wildman–Crippen LogP) is 0.569. The minimum Gasteiger partial charge on any atom is -0.383 e. The van der Waals surface area contributed by atoms with Crippen molar-refractivity contribution in [2.45, 2.75) is 18.9 Å². The summed E-state index contributed by atoms with van der Waals surface area (Å²) in [5.41, 5.74) is 0. The molecule has 1 aromatic heterocycles. The fraction of sp³-hybridized carbons (Fsp3) is 0.400. The zero-order valence-corrected chi connectivity index (χ0v) is 7.76. The summed E-state index contributed by atoms with van der Waals surface area (Å²) >= 11 is 0. The van der Waals surface area contributed by atoms with Gasteiger partial charge in [-0.15, -0.1) is 0 Å². The van der Waals surface area contributed by atoms with E-state index in [1.807, 2.05) is 6.07 Å². The molecule has 0 radical (unpaired) electrons. The molecule has 0 spiro atoms. The Labute approximate surface area is 82.2 Å². The molecule has 0 saturated carbocycles. The van der Waals surface area contributed by atoms with Gasteiger partial charge in [0.15, 0.2) is 0 Å². The molecule has 0 aromatic carbocycles.